The Morgan fingerprint density at radius 3 is 2.26 bits per heavy atom. The highest BCUT2D eigenvalue weighted by molar-refractivity contribution is 6.08. The average Bonchev–Trinajstić information content (AvgIpc) is 2.73. The summed E-state index contributed by atoms with van der Waals surface area (Å²) in [6, 6.07) is 13.2. The van der Waals surface area contributed by atoms with E-state index in [0.717, 1.165) is 45.0 Å². The molecule has 6 nitrogen and oxygen atoms in total. The first-order chi connectivity index (χ1) is 13.2. The fourth-order valence-electron chi connectivity index (χ4n) is 3.14. The summed E-state index contributed by atoms with van der Waals surface area (Å²) < 4.78 is 16.0. The zero-order valence-electron chi connectivity index (χ0n) is 15.9. The van der Waals surface area contributed by atoms with Crippen molar-refractivity contribution in [2.75, 3.05) is 52.4 Å². The molecule has 0 aliphatic carbocycles. The predicted octanol–water partition coefficient (Wildman–Crippen LogP) is 2.83. The molecule has 6 heteroatoms. The van der Waals surface area contributed by atoms with Crippen LogP contribution in [0.15, 0.2) is 42.5 Å². The van der Waals surface area contributed by atoms with Gasteiger partial charge in [-0.3, -0.25) is 9.69 Å². The number of amides is 1. The lowest BCUT2D eigenvalue weighted by Crippen LogP contribution is -2.37. The normalized spacial score (nSPS) is 14.6. The van der Waals surface area contributed by atoms with Crippen molar-refractivity contribution in [3.8, 4) is 11.5 Å². The first kappa shape index (κ1) is 19.2. The first-order valence-electron chi connectivity index (χ1n) is 9.12. The van der Waals surface area contributed by atoms with E-state index >= 15 is 0 Å². The topological polar surface area (TPSA) is 60.0 Å². The van der Waals surface area contributed by atoms with Crippen LogP contribution in [-0.2, 0) is 11.2 Å². The van der Waals surface area contributed by atoms with Gasteiger partial charge in [-0.25, -0.2) is 0 Å². The molecule has 144 valence electrons. The fraction of sp³-hybridized carbons (Fsp3) is 0.381. The van der Waals surface area contributed by atoms with Gasteiger partial charge >= 0.3 is 0 Å². The molecule has 1 saturated heterocycles. The Hall–Kier alpha value is -2.57. The number of hydrogen-bond acceptors (Lipinski definition) is 5. The number of rotatable bonds is 7. The third-order valence-corrected chi connectivity index (χ3v) is 4.69. The SMILES string of the molecule is COc1cccc(OC)c1C(=O)Nc1ccc(CCN2CCOCC2)cc1. The quantitative estimate of drug-likeness (QED) is 0.812. The number of carbonyl (C=O) groups excluding carboxylic acids is 1. The first-order valence-corrected chi connectivity index (χ1v) is 9.12. The lowest BCUT2D eigenvalue weighted by Gasteiger charge is -2.26. The molecular weight excluding hydrogens is 344 g/mol. The van der Waals surface area contributed by atoms with E-state index in [-0.39, 0.29) is 5.91 Å². The molecule has 1 aliphatic rings. The zero-order chi connectivity index (χ0) is 19.1. The standard InChI is InChI=1S/C21H26N2O4/c1-25-18-4-3-5-19(26-2)20(18)21(24)22-17-8-6-16(7-9-17)10-11-23-12-14-27-15-13-23/h3-9H,10-15H2,1-2H3,(H,22,24). The second-order valence-electron chi connectivity index (χ2n) is 6.39. The van der Waals surface area contributed by atoms with Crippen molar-refractivity contribution in [2.45, 2.75) is 6.42 Å². The molecule has 1 N–H and O–H groups in total. The molecule has 0 unspecified atom stereocenters. The lowest BCUT2D eigenvalue weighted by atomic mass is 10.1. The summed E-state index contributed by atoms with van der Waals surface area (Å²) >= 11 is 0. The van der Waals surface area contributed by atoms with E-state index in [9.17, 15) is 4.79 Å². The Bertz CT molecular complexity index is 733. The number of benzene rings is 2. The summed E-state index contributed by atoms with van der Waals surface area (Å²) in [7, 11) is 3.07. The summed E-state index contributed by atoms with van der Waals surface area (Å²) in [6.45, 7) is 4.64. The Balaban J connectivity index is 1.62. The molecule has 0 saturated carbocycles. The highest BCUT2D eigenvalue weighted by Gasteiger charge is 2.18. The molecule has 0 radical (unpaired) electrons. The van der Waals surface area contributed by atoms with Gasteiger partial charge in [0.2, 0.25) is 0 Å². The zero-order valence-corrected chi connectivity index (χ0v) is 15.9. The van der Waals surface area contributed by atoms with Gasteiger partial charge in [0.1, 0.15) is 17.1 Å². The van der Waals surface area contributed by atoms with E-state index in [0.29, 0.717) is 17.1 Å². The van der Waals surface area contributed by atoms with Crippen molar-refractivity contribution >= 4 is 11.6 Å². The smallest absolute Gasteiger partial charge is 0.263 e. The highest BCUT2D eigenvalue weighted by Crippen LogP contribution is 2.29. The number of nitrogens with one attached hydrogen (secondary N) is 1. The molecule has 27 heavy (non-hydrogen) atoms. The van der Waals surface area contributed by atoms with Crippen molar-refractivity contribution in [1.29, 1.82) is 0 Å². The summed E-state index contributed by atoms with van der Waals surface area (Å²) in [5, 5.41) is 2.91. The van der Waals surface area contributed by atoms with Crippen LogP contribution in [0.25, 0.3) is 0 Å². The Labute approximate surface area is 160 Å². The highest BCUT2D eigenvalue weighted by atomic mass is 16.5. The molecule has 2 aromatic rings. The van der Waals surface area contributed by atoms with Gasteiger partial charge in [0, 0.05) is 25.3 Å². The van der Waals surface area contributed by atoms with Gasteiger partial charge in [-0.2, -0.15) is 0 Å². The monoisotopic (exact) mass is 370 g/mol. The van der Waals surface area contributed by atoms with Gasteiger partial charge in [0.05, 0.1) is 27.4 Å². The van der Waals surface area contributed by atoms with Crippen LogP contribution in [0.4, 0.5) is 5.69 Å². The molecule has 2 aromatic carbocycles. The van der Waals surface area contributed by atoms with E-state index in [1.807, 2.05) is 12.1 Å². The summed E-state index contributed by atoms with van der Waals surface area (Å²) in [4.78, 5) is 15.1. The van der Waals surface area contributed by atoms with Gasteiger partial charge in [-0.05, 0) is 36.2 Å². The van der Waals surface area contributed by atoms with E-state index < -0.39 is 0 Å². The van der Waals surface area contributed by atoms with Crippen molar-refractivity contribution in [1.82, 2.24) is 4.90 Å². The molecule has 1 heterocycles. The van der Waals surface area contributed by atoms with Crippen molar-refractivity contribution in [3.63, 3.8) is 0 Å². The predicted molar refractivity (Wildman–Crippen MR) is 105 cm³/mol. The number of anilines is 1. The van der Waals surface area contributed by atoms with Crippen LogP contribution in [0, 0.1) is 0 Å². The van der Waals surface area contributed by atoms with Gasteiger partial charge in [-0.15, -0.1) is 0 Å². The second kappa shape index (κ2) is 9.39. The van der Waals surface area contributed by atoms with E-state index in [4.69, 9.17) is 14.2 Å². The average molecular weight is 370 g/mol. The maximum atomic E-state index is 12.7. The summed E-state index contributed by atoms with van der Waals surface area (Å²) in [5.74, 6) is 0.702. The molecule has 1 amide bonds. The number of nitrogens with zero attached hydrogens (tertiary/aromatic N) is 1. The van der Waals surface area contributed by atoms with Crippen LogP contribution >= 0.6 is 0 Å². The van der Waals surface area contributed by atoms with Crippen LogP contribution in [0.5, 0.6) is 11.5 Å². The molecular formula is C21H26N2O4. The minimum absolute atomic E-state index is 0.259. The third kappa shape index (κ3) is 4.99. The summed E-state index contributed by atoms with van der Waals surface area (Å²) in [6.07, 6.45) is 0.981. The van der Waals surface area contributed by atoms with Crippen molar-refractivity contribution in [2.24, 2.45) is 0 Å². The molecule has 0 atom stereocenters. The number of ether oxygens (including phenoxy) is 3. The maximum absolute atomic E-state index is 12.7. The van der Waals surface area contributed by atoms with Gasteiger partial charge in [0.25, 0.3) is 5.91 Å². The number of carbonyl (C=O) groups is 1. The van der Waals surface area contributed by atoms with Crippen LogP contribution in [0.3, 0.4) is 0 Å². The molecule has 1 aliphatic heterocycles. The molecule has 0 aromatic heterocycles. The van der Waals surface area contributed by atoms with Crippen LogP contribution in [-0.4, -0.2) is 57.9 Å². The van der Waals surface area contributed by atoms with E-state index in [2.05, 4.69) is 22.3 Å². The van der Waals surface area contributed by atoms with Crippen LogP contribution < -0.4 is 14.8 Å². The van der Waals surface area contributed by atoms with Crippen molar-refractivity contribution in [3.05, 3.63) is 53.6 Å². The molecule has 3 rings (SSSR count). The van der Waals surface area contributed by atoms with Crippen LogP contribution in [0.1, 0.15) is 15.9 Å². The van der Waals surface area contributed by atoms with E-state index in [1.165, 1.54) is 19.8 Å². The second-order valence-corrected chi connectivity index (χ2v) is 6.39. The fourth-order valence-corrected chi connectivity index (χ4v) is 3.14. The third-order valence-electron chi connectivity index (χ3n) is 4.69. The number of methoxy groups -OCH3 is 2. The largest absolute Gasteiger partial charge is 0.496 e. The Morgan fingerprint density at radius 2 is 1.67 bits per heavy atom. The molecule has 0 bridgehead atoms. The van der Waals surface area contributed by atoms with Gasteiger partial charge in [-0.1, -0.05) is 18.2 Å². The lowest BCUT2D eigenvalue weighted by molar-refractivity contribution is 0.0384. The molecule has 1 fully saturated rings. The van der Waals surface area contributed by atoms with E-state index in [1.54, 1.807) is 18.2 Å². The van der Waals surface area contributed by atoms with Gasteiger partial charge < -0.3 is 19.5 Å². The van der Waals surface area contributed by atoms with Crippen molar-refractivity contribution < 1.29 is 19.0 Å². The Kier molecular flexibility index (Phi) is 6.68. The summed E-state index contributed by atoms with van der Waals surface area (Å²) in [5.41, 5.74) is 2.37. The Morgan fingerprint density at radius 1 is 1.04 bits per heavy atom. The minimum atomic E-state index is -0.259. The van der Waals surface area contributed by atoms with Crippen LogP contribution in [0.2, 0.25) is 0 Å². The number of morpholine rings is 1. The minimum Gasteiger partial charge on any atom is -0.496 e. The maximum Gasteiger partial charge on any atom is 0.263 e. The van der Waals surface area contributed by atoms with Gasteiger partial charge in [0.15, 0.2) is 0 Å². The number of hydrogen-bond donors (Lipinski definition) is 1. The molecule has 0 spiro atoms.